The maximum atomic E-state index is 8.79. The maximum Gasteiger partial charge on any atom is 0.128 e. The topological polar surface area (TPSA) is 62.0 Å². The van der Waals surface area contributed by atoms with Crippen LogP contribution in [-0.4, -0.2) is 29.2 Å². The van der Waals surface area contributed by atoms with Gasteiger partial charge in [0, 0.05) is 31.7 Å². The quantitative estimate of drug-likeness (QED) is 0.858. The molecule has 1 fully saturated rings. The van der Waals surface area contributed by atoms with Gasteiger partial charge in [0.15, 0.2) is 0 Å². The van der Waals surface area contributed by atoms with Crippen molar-refractivity contribution in [2.24, 2.45) is 0 Å². The Morgan fingerprint density at radius 3 is 2.86 bits per heavy atom. The molecule has 3 rings (SSSR count). The third-order valence-corrected chi connectivity index (χ3v) is 3.58. The third kappa shape index (κ3) is 3.36. The van der Waals surface area contributed by atoms with Crippen molar-refractivity contribution in [3.63, 3.8) is 0 Å². The SMILES string of the molecule is N#Cc1ccc(N2CC[C@H](OCc3ccncc3)C2)nc1. The number of anilines is 1. The summed E-state index contributed by atoms with van der Waals surface area (Å²) in [5, 5.41) is 8.79. The van der Waals surface area contributed by atoms with Crippen LogP contribution in [0.3, 0.4) is 0 Å². The van der Waals surface area contributed by atoms with Crippen molar-refractivity contribution in [2.45, 2.75) is 19.1 Å². The average molecular weight is 280 g/mol. The number of nitrogens with zero attached hydrogens (tertiary/aromatic N) is 4. The molecule has 3 heterocycles. The molecule has 0 spiro atoms. The predicted molar refractivity (Wildman–Crippen MR) is 78.6 cm³/mol. The normalized spacial score (nSPS) is 17.7. The van der Waals surface area contributed by atoms with Crippen molar-refractivity contribution in [3.05, 3.63) is 54.0 Å². The van der Waals surface area contributed by atoms with Crippen molar-refractivity contribution in [1.82, 2.24) is 9.97 Å². The first-order chi connectivity index (χ1) is 10.3. The fourth-order valence-electron chi connectivity index (χ4n) is 2.40. The molecule has 0 aliphatic carbocycles. The molecule has 106 valence electrons. The zero-order valence-electron chi connectivity index (χ0n) is 11.6. The minimum atomic E-state index is 0.218. The molecular weight excluding hydrogens is 264 g/mol. The summed E-state index contributed by atoms with van der Waals surface area (Å²) in [5.74, 6) is 0.906. The Morgan fingerprint density at radius 2 is 2.14 bits per heavy atom. The lowest BCUT2D eigenvalue weighted by molar-refractivity contribution is 0.0553. The Labute approximate surface area is 123 Å². The van der Waals surface area contributed by atoms with E-state index < -0.39 is 0 Å². The number of pyridine rings is 2. The monoisotopic (exact) mass is 280 g/mol. The highest BCUT2D eigenvalue weighted by Crippen LogP contribution is 2.20. The Bertz CT molecular complexity index is 621. The van der Waals surface area contributed by atoms with Crippen LogP contribution in [0.2, 0.25) is 0 Å². The molecule has 0 radical (unpaired) electrons. The van der Waals surface area contributed by atoms with E-state index >= 15 is 0 Å². The second-order valence-corrected chi connectivity index (χ2v) is 5.04. The van der Waals surface area contributed by atoms with Crippen molar-refractivity contribution >= 4 is 5.82 Å². The molecule has 0 saturated carbocycles. The van der Waals surface area contributed by atoms with Gasteiger partial charge in [0.2, 0.25) is 0 Å². The molecular formula is C16H16N4O. The van der Waals surface area contributed by atoms with E-state index in [9.17, 15) is 0 Å². The number of rotatable bonds is 4. The second kappa shape index (κ2) is 6.33. The Hall–Kier alpha value is -2.45. The lowest BCUT2D eigenvalue weighted by atomic mass is 10.3. The van der Waals surface area contributed by atoms with Crippen molar-refractivity contribution in [3.8, 4) is 6.07 Å². The van der Waals surface area contributed by atoms with E-state index in [0.717, 1.165) is 30.9 Å². The van der Waals surface area contributed by atoms with Gasteiger partial charge in [-0.2, -0.15) is 5.26 Å². The van der Waals surface area contributed by atoms with Crippen LogP contribution < -0.4 is 4.90 Å². The van der Waals surface area contributed by atoms with E-state index in [4.69, 9.17) is 10.00 Å². The summed E-state index contributed by atoms with van der Waals surface area (Å²) in [6, 6.07) is 9.71. The van der Waals surface area contributed by atoms with Crippen LogP contribution in [0.25, 0.3) is 0 Å². The number of nitriles is 1. The summed E-state index contributed by atoms with van der Waals surface area (Å²) in [6.07, 6.45) is 6.38. The van der Waals surface area contributed by atoms with Gasteiger partial charge in [0.1, 0.15) is 11.9 Å². The fraction of sp³-hybridized carbons (Fsp3) is 0.312. The Kier molecular flexibility index (Phi) is 4.08. The highest BCUT2D eigenvalue weighted by molar-refractivity contribution is 5.42. The minimum Gasteiger partial charge on any atom is -0.372 e. The highest BCUT2D eigenvalue weighted by Gasteiger charge is 2.23. The van der Waals surface area contributed by atoms with E-state index in [1.807, 2.05) is 18.2 Å². The van der Waals surface area contributed by atoms with Crippen molar-refractivity contribution in [2.75, 3.05) is 18.0 Å². The smallest absolute Gasteiger partial charge is 0.128 e. The molecule has 1 saturated heterocycles. The van der Waals surface area contributed by atoms with Crippen LogP contribution in [-0.2, 0) is 11.3 Å². The fourth-order valence-corrected chi connectivity index (χ4v) is 2.40. The highest BCUT2D eigenvalue weighted by atomic mass is 16.5. The predicted octanol–water partition coefficient (Wildman–Crippen LogP) is 2.14. The Morgan fingerprint density at radius 1 is 1.29 bits per heavy atom. The zero-order chi connectivity index (χ0) is 14.5. The van der Waals surface area contributed by atoms with Gasteiger partial charge in [-0.25, -0.2) is 4.98 Å². The van der Waals surface area contributed by atoms with Crippen LogP contribution in [0.15, 0.2) is 42.9 Å². The second-order valence-electron chi connectivity index (χ2n) is 5.04. The van der Waals surface area contributed by atoms with Crippen LogP contribution >= 0.6 is 0 Å². The summed E-state index contributed by atoms with van der Waals surface area (Å²) in [5.41, 5.74) is 1.73. The van der Waals surface area contributed by atoms with E-state index in [-0.39, 0.29) is 6.10 Å². The zero-order valence-corrected chi connectivity index (χ0v) is 11.6. The molecule has 0 aromatic carbocycles. The lowest BCUT2D eigenvalue weighted by Gasteiger charge is -2.17. The van der Waals surface area contributed by atoms with Gasteiger partial charge in [-0.05, 0) is 36.2 Å². The van der Waals surface area contributed by atoms with Crippen LogP contribution in [0, 0.1) is 11.3 Å². The molecule has 2 aromatic heterocycles. The molecule has 0 bridgehead atoms. The van der Waals surface area contributed by atoms with Gasteiger partial charge < -0.3 is 9.64 Å². The lowest BCUT2D eigenvalue weighted by Crippen LogP contribution is -2.23. The van der Waals surface area contributed by atoms with Crippen molar-refractivity contribution in [1.29, 1.82) is 5.26 Å². The number of hydrogen-bond acceptors (Lipinski definition) is 5. The van der Waals surface area contributed by atoms with E-state index in [0.29, 0.717) is 12.2 Å². The van der Waals surface area contributed by atoms with Gasteiger partial charge in [-0.1, -0.05) is 0 Å². The average Bonchev–Trinajstić information content (AvgIpc) is 3.03. The van der Waals surface area contributed by atoms with Gasteiger partial charge in [0.05, 0.1) is 18.3 Å². The molecule has 0 unspecified atom stereocenters. The molecule has 21 heavy (non-hydrogen) atoms. The first-order valence-corrected chi connectivity index (χ1v) is 6.97. The van der Waals surface area contributed by atoms with Gasteiger partial charge >= 0.3 is 0 Å². The van der Waals surface area contributed by atoms with Crippen LogP contribution in [0.1, 0.15) is 17.5 Å². The summed E-state index contributed by atoms with van der Waals surface area (Å²) in [6.45, 7) is 2.38. The third-order valence-electron chi connectivity index (χ3n) is 3.58. The molecule has 5 nitrogen and oxygen atoms in total. The molecule has 1 aliphatic rings. The van der Waals surface area contributed by atoms with Crippen LogP contribution in [0.4, 0.5) is 5.82 Å². The maximum absolute atomic E-state index is 8.79. The first kappa shape index (κ1) is 13.5. The summed E-state index contributed by atoms with van der Waals surface area (Å²) >= 11 is 0. The largest absolute Gasteiger partial charge is 0.372 e. The molecule has 1 aliphatic heterocycles. The summed E-state index contributed by atoms with van der Waals surface area (Å²) < 4.78 is 5.94. The number of ether oxygens (including phenoxy) is 1. The van der Waals surface area contributed by atoms with E-state index in [1.165, 1.54) is 0 Å². The summed E-state index contributed by atoms with van der Waals surface area (Å²) in [4.78, 5) is 10.5. The molecule has 2 aromatic rings. The molecule has 0 N–H and O–H groups in total. The summed E-state index contributed by atoms with van der Waals surface area (Å²) in [7, 11) is 0. The first-order valence-electron chi connectivity index (χ1n) is 6.97. The van der Waals surface area contributed by atoms with Crippen LogP contribution in [0.5, 0.6) is 0 Å². The van der Waals surface area contributed by atoms with Gasteiger partial charge in [0.25, 0.3) is 0 Å². The van der Waals surface area contributed by atoms with E-state index in [2.05, 4.69) is 20.9 Å². The van der Waals surface area contributed by atoms with Gasteiger partial charge in [-0.15, -0.1) is 0 Å². The molecule has 0 amide bonds. The Balaban J connectivity index is 1.54. The molecule has 1 atom stereocenters. The van der Waals surface area contributed by atoms with E-state index in [1.54, 1.807) is 24.7 Å². The van der Waals surface area contributed by atoms with Crippen molar-refractivity contribution < 1.29 is 4.74 Å². The minimum absolute atomic E-state index is 0.218. The number of hydrogen-bond donors (Lipinski definition) is 0. The molecule has 5 heteroatoms. The number of aromatic nitrogens is 2. The van der Waals surface area contributed by atoms with Gasteiger partial charge in [-0.3, -0.25) is 4.98 Å². The standard InChI is InChI=1S/C16H16N4O/c17-9-14-1-2-16(19-10-14)20-8-5-15(11-20)21-12-13-3-6-18-7-4-13/h1-4,6-7,10,15H,5,8,11-12H2/t15-/m0/s1.